The van der Waals surface area contributed by atoms with Gasteiger partial charge in [0, 0.05) is 11.4 Å². The van der Waals surface area contributed by atoms with Crippen LogP contribution in [0.1, 0.15) is 39.0 Å². The number of nitrogens with one attached hydrogen (secondary N) is 1. The van der Waals surface area contributed by atoms with Crippen LogP contribution in [0.15, 0.2) is 24.3 Å². The van der Waals surface area contributed by atoms with E-state index < -0.39 is 5.97 Å². The van der Waals surface area contributed by atoms with Gasteiger partial charge in [-0.2, -0.15) is 0 Å². The average molecular weight is 391 g/mol. The number of benzene rings is 1. The highest BCUT2D eigenvalue weighted by Gasteiger charge is 2.15. The number of rotatable bonds is 9. The van der Waals surface area contributed by atoms with Gasteiger partial charge in [0.25, 0.3) is 5.91 Å². The van der Waals surface area contributed by atoms with Gasteiger partial charge in [0.2, 0.25) is 0 Å². The minimum absolute atomic E-state index is 0.301. The van der Waals surface area contributed by atoms with Crippen LogP contribution in [0.25, 0.3) is 0 Å². The van der Waals surface area contributed by atoms with E-state index in [4.69, 9.17) is 14.2 Å². The highest BCUT2D eigenvalue weighted by Crippen LogP contribution is 2.27. The SMILES string of the molecule is CCCc1cc(C(=O)OCC(=O)NCc2ccc(OC)c(OC)c2)sc1C. The second-order valence-electron chi connectivity index (χ2n) is 5.98. The number of methoxy groups -OCH3 is 2. The molecule has 1 aromatic carbocycles. The lowest BCUT2D eigenvalue weighted by atomic mass is 10.1. The quantitative estimate of drug-likeness (QED) is 0.662. The number of hydrogen-bond donors (Lipinski definition) is 1. The van der Waals surface area contributed by atoms with Crippen LogP contribution in [0.4, 0.5) is 0 Å². The van der Waals surface area contributed by atoms with Crippen LogP contribution in [0.3, 0.4) is 0 Å². The zero-order valence-corrected chi connectivity index (χ0v) is 16.9. The molecule has 1 aromatic heterocycles. The van der Waals surface area contributed by atoms with Gasteiger partial charge in [-0.3, -0.25) is 4.79 Å². The molecule has 0 radical (unpaired) electrons. The third-order valence-electron chi connectivity index (χ3n) is 4.01. The van der Waals surface area contributed by atoms with Crippen LogP contribution in [0, 0.1) is 6.92 Å². The molecule has 1 amide bonds. The van der Waals surface area contributed by atoms with Crippen molar-refractivity contribution in [2.75, 3.05) is 20.8 Å². The predicted molar refractivity (Wildman–Crippen MR) is 105 cm³/mol. The molecule has 0 aliphatic rings. The van der Waals surface area contributed by atoms with Gasteiger partial charge < -0.3 is 19.5 Å². The smallest absolute Gasteiger partial charge is 0.348 e. The maximum atomic E-state index is 12.1. The molecule has 146 valence electrons. The maximum Gasteiger partial charge on any atom is 0.348 e. The van der Waals surface area contributed by atoms with Crippen LogP contribution in [0.2, 0.25) is 0 Å². The van der Waals surface area contributed by atoms with E-state index in [9.17, 15) is 9.59 Å². The summed E-state index contributed by atoms with van der Waals surface area (Å²) in [6.07, 6.45) is 1.95. The Morgan fingerprint density at radius 1 is 1.11 bits per heavy atom. The van der Waals surface area contributed by atoms with Gasteiger partial charge in [0.15, 0.2) is 18.1 Å². The lowest BCUT2D eigenvalue weighted by Crippen LogP contribution is -2.28. The summed E-state index contributed by atoms with van der Waals surface area (Å²) in [6.45, 7) is 4.07. The van der Waals surface area contributed by atoms with Gasteiger partial charge in [0.05, 0.1) is 14.2 Å². The fourth-order valence-electron chi connectivity index (χ4n) is 2.58. The molecule has 0 fully saturated rings. The molecule has 1 heterocycles. The minimum atomic E-state index is -0.466. The second-order valence-corrected chi connectivity index (χ2v) is 7.24. The number of amides is 1. The number of carbonyl (C=O) groups is 2. The zero-order chi connectivity index (χ0) is 19.8. The summed E-state index contributed by atoms with van der Waals surface area (Å²) in [4.78, 5) is 25.7. The van der Waals surface area contributed by atoms with Crippen LogP contribution < -0.4 is 14.8 Å². The number of ether oxygens (including phenoxy) is 3. The molecule has 0 saturated carbocycles. The van der Waals surface area contributed by atoms with Crippen molar-refractivity contribution in [1.29, 1.82) is 0 Å². The fraction of sp³-hybridized carbons (Fsp3) is 0.400. The third kappa shape index (κ3) is 5.72. The van der Waals surface area contributed by atoms with E-state index in [1.165, 1.54) is 11.3 Å². The Labute approximate surface area is 163 Å². The van der Waals surface area contributed by atoms with E-state index in [0.29, 0.717) is 22.9 Å². The maximum absolute atomic E-state index is 12.1. The Morgan fingerprint density at radius 3 is 2.52 bits per heavy atom. The van der Waals surface area contributed by atoms with Crippen LogP contribution in [-0.2, 0) is 22.5 Å². The molecule has 1 N–H and O–H groups in total. The minimum Gasteiger partial charge on any atom is -0.493 e. The molecule has 0 bridgehead atoms. The number of hydrogen-bond acceptors (Lipinski definition) is 6. The number of aryl methyl sites for hydroxylation is 2. The Kier molecular flexibility index (Phi) is 7.67. The van der Waals surface area contributed by atoms with E-state index in [1.54, 1.807) is 26.4 Å². The van der Waals surface area contributed by atoms with Crippen molar-refractivity contribution < 1.29 is 23.8 Å². The molecule has 7 heteroatoms. The molecular weight excluding hydrogens is 366 g/mol. The standard InChI is InChI=1S/C20H25NO5S/c1-5-6-15-10-18(27-13(15)2)20(23)26-12-19(22)21-11-14-7-8-16(24-3)17(9-14)25-4/h7-10H,5-6,11-12H2,1-4H3,(H,21,22). The molecule has 0 saturated heterocycles. The molecule has 0 atom stereocenters. The molecule has 2 aromatic rings. The Hall–Kier alpha value is -2.54. The third-order valence-corrected chi connectivity index (χ3v) is 5.09. The number of esters is 1. The summed E-state index contributed by atoms with van der Waals surface area (Å²) < 4.78 is 15.5. The van der Waals surface area contributed by atoms with Gasteiger partial charge in [-0.05, 0) is 42.7 Å². The van der Waals surface area contributed by atoms with E-state index in [2.05, 4.69) is 12.2 Å². The first-order chi connectivity index (χ1) is 13.0. The summed E-state index contributed by atoms with van der Waals surface area (Å²) in [5.74, 6) is 0.383. The summed E-state index contributed by atoms with van der Waals surface area (Å²) in [6, 6.07) is 7.24. The van der Waals surface area contributed by atoms with Gasteiger partial charge >= 0.3 is 5.97 Å². The van der Waals surface area contributed by atoms with Gasteiger partial charge in [-0.25, -0.2) is 4.79 Å². The Balaban J connectivity index is 1.84. The molecule has 2 rings (SSSR count). The summed E-state index contributed by atoms with van der Waals surface area (Å²) in [5.41, 5.74) is 2.01. The van der Waals surface area contributed by atoms with Crippen LogP contribution in [-0.4, -0.2) is 32.7 Å². The Bertz CT molecular complexity index is 800. The highest BCUT2D eigenvalue weighted by molar-refractivity contribution is 7.14. The fourth-order valence-corrected chi connectivity index (χ4v) is 3.55. The van der Waals surface area contributed by atoms with Crippen molar-refractivity contribution in [3.8, 4) is 11.5 Å². The number of thiophene rings is 1. The van der Waals surface area contributed by atoms with Gasteiger partial charge in [-0.1, -0.05) is 19.4 Å². The van der Waals surface area contributed by atoms with Crippen molar-refractivity contribution in [1.82, 2.24) is 5.32 Å². The van der Waals surface area contributed by atoms with Crippen molar-refractivity contribution in [3.63, 3.8) is 0 Å². The normalized spacial score (nSPS) is 10.4. The molecule has 0 aliphatic heterocycles. The van der Waals surface area contributed by atoms with Crippen molar-refractivity contribution in [2.45, 2.75) is 33.2 Å². The van der Waals surface area contributed by atoms with Gasteiger partial charge in [0.1, 0.15) is 4.88 Å². The summed E-state index contributed by atoms with van der Waals surface area (Å²) in [7, 11) is 3.12. The topological polar surface area (TPSA) is 73.9 Å². The number of carbonyl (C=O) groups excluding carboxylic acids is 2. The first kappa shape index (κ1) is 20.8. The lowest BCUT2D eigenvalue weighted by Gasteiger charge is -2.10. The molecule has 6 nitrogen and oxygen atoms in total. The van der Waals surface area contributed by atoms with E-state index >= 15 is 0 Å². The van der Waals surface area contributed by atoms with Crippen LogP contribution in [0.5, 0.6) is 11.5 Å². The zero-order valence-electron chi connectivity index (χ0n) is 16.1. The van der Waals surface area contributed by atoms with Crippen molar-refractivity contribution in [2.24, 2.45) is 0 Å². The van der Waals surface area contributed by atoms with Gasteiger partial charge in [-0.15, -0.1) is 11.3 Å². The summed E-state index contributed by atoms with van der Waals surface area (Å²) in [5, 5.41) is 2.72. The summed E-state index contributed by atoms with van der Waals surface area (Å²) >= 11 is 1.40. The molecular formula is C20H25NO5S. The van der Waals surface area contributed by atoms with E-state index in [1.807, 2.05) is 19.1 Å². The lowest BCUT2D eigenvalue weighted by molar-refractivity contribution is -0.124. The molecule has 0 spiro atoms. The van der Waals surface area contributed by atoms with Crippen molar-refractivity contribution >= 4 is 23.2 Å². The molecule has 27 heavy (non-hydrogen) atoms. The first-order valence-electron chi connectivity index (χ1n) is 8.72. The largest absolute Gasteiger partial charge is 0.493 e. The molecule has 0 aliphatic carbocycles. The highest BCUT2D eigenvalue weighted by atomic mass is 32.1. The Morgan fingerprint density at radius 2 is 1.85 bits per heavy atom. The predicted octanol–water partition coefficient (Wildman–Crippen LogP) is 3.50. The van der Waals surface area contributed by atoms with E-state index in [-0.39, 0.29) is 12.5 Å². The average Bonchev–Trinajstić information content (AvgIpc) is 3.05. The van der Waals surface area contributed by atoms with Crippen molar-refractivity contribution in [3.05, 3.63) is 45.1 Å². The van der Waals surface area contributed by atoms with Crippen LogP contribution >= 0.6 is 11.3 Å². The molecule has 0 unspecified atom stereocenters. The first-order valence-corrected chi connectivity index (χ1v) is 9.54. The second kappa shape index (κ2) is 9.97. The van der Waals surface area contributed by atoms with E-state index in [0.717, 1.165) is 28.8 Å². The monoisotopic (exact) mass is 391 g/mol.